The molecule has 0 radical (unpaired) electrons. The molecule has 3 rings (SSSR count). The van der Waals surface area contributed by atoms with Gasteiger partial charge < -0.3 is 15.6 Å². The molecule has 23 heavy (non-hydrogen) atoms. The number of amides is 1. The number of thioether (sulfide) groups is 1. The van der Waals surface area contributed by atoms with Gasteiger partial charge in [-0.25, -0.2) is 4.68 Å². The van der Waals surface area contributed by atoms with E-state index < -0.39 is 0 Å². The van der Waals surface area contributed by atoms with Crippen LogP contribution in [-0.4, -0.2) is 26.5 Å². The van der Waals surface area contributed by atoms with Crippen LogP contribution in [-0.2, 0) is 4.79 Å². The van der Waals surface area contributed by atoms with Crippen molar-refractivity contribution in [3.63, 3.8) is 0 Å². The van der Waals surface area contributed by atoms with E-state index in [2.05, 4.69) is 15.5 Å². The second kappa shape index (κ2) is 6.76. The third-order valence-corrected chi connectivity index (χ3v) is 4.03. The van der Waals surface area contributed by atoms with Gasteiger partial charge in [-0.05, 0) is 30.3 Å². The number of carbonyl (C=O) groups is 1. The first-order valence-corrected chi connectivity index (χ1v) is 7.92. The van der Waals surface area contributed by atoms with Crippen molar-refractivity contribution in [3.8, 4) is 11.6 Å². The Labute approximate surface area is 140 Å². The molecule has 0 saturated carbocycles. The Morgan fingerprint density at radius 3 is 2.96 bits per heavy atom. The standard InChI is InChI=1S/C14H12ClN5O2S/c15-9-3-1-4-10(7-9)17-12(21)8-23-14-19-18-13(20(14)16)11-5-2-6-22-11/h1-7H,8,16H2,(H,17,21). The number of hydrogen-bond donors (Lipinski definition) is 2. The summed E-state index contributed by atoms with van der Waals surface area (Å²) in [4.78, 5) is 12.0. The predicted molar refractivity (Wildman–Crippen MR) is 88.7 cm³/mol. The number of nitrogens with zero attached hydrogens (tertiary/aromatic N) is 3. The van der Waals surface area contributed by atoms with E-state index in [0.29, 0.717) is 27.5 Å². The Kier molecular flexibility index (Phi) is 4.54. The summed E-state index contributed by atoms with van der Waals surface area (Å²) in [5.74, 6) is 6.76. The van der Waals surface area contributed by atoms with Crippen molar-refractivity contribution in [1.82, 2.24) is 14.9 Å². The van der Waals surface area contributed by atoms with Crippen molar-refractivity contribution in [2.75, 3.05) is 16.9 Å². The average molecular weight is 350 g/mol. The van der Waals surface area contributed by atoms with Crippen molar-refractivity contribution in [2.24, 2.45) is 0 Å². The quantitative estimate of drug-likeness (QED) is 0.542. The molecule has 1 amide bonds. The average Bonchev–Trinajstić information content (AvgIpc) is 3.15. The molecule has 0 atom stereocenters. The molecule has 118 valence electrons. The third kappa shape index (κ3) is 3.66. The van der Waals surface area contributed by atoms with Crippen LogP contribution in [0.4, 0.5) is 5.69 Å². The summed E-state index contributed by atoms with van der Waals surface area (Å²) in [5, 5.41) is 11.6. The van der Waals surface area contributed by atoms with Crippen molar-refractivity contribution < 1.29 is 9.21 Å². The molecule has 2 heterocycles. The molecule has 1 aromatic carbocycles. The highest BCUT2D eigenvalue weighted by Gasteiger charge is 2.15. The highest BCUT2D eigenvalue weighted by atomic mass is 35.5. The van der Waals surface area contributed by atoms with E-state index in [1.54, 1.807) is 36.4 Å². The van der Waals surface area contributed by atoms with Crippen molar-refractivity contribution in [1.29, 1.82) is 0 Å². The van der Waals surface area contributed by atoms with Crippen LogP contribution in [0, 0.1) is 0 Å². The lowest BCUT2D eigenvalue weighted by Crippen LogP contribution is -2.16. The fourth-order valence-electron chi connectivity index (χ4n) is 1.84. The number of anilines is 1. The number of furan rings is 1. The molecule has 0 aliphatic rings. The third-order valence-electron chi connectivity index (χ3n) is 2.85. The van der Waals surface area contributed by atoms with Gasteiger partial charge in [0.2, 0.25) is 16.9 Å². The second-order valence-electron chi connectivity index (χ2n) is 4.50. The van der Waals surface area contributed by atoms with Crippen molar-refractivity contribution in [2.45, 2.75) is 5.16 Å². The first kappa shape index (κ1) is 15.4. The summed E-state index contributed by atoms with van der Waals surface area (Å²) in [5.41, 5.74) is 0.633. The summed E-state index contributed by atoms with van der Waals surface area (Å²) in [7, 11) is 0. The summed E-state index contributed by atoms with van der Waals surface area (Å²) < 4.78 is 6.51. The van der Waals surface area contributed by atoms with Gasteiger partial charge in [0.05, 0.1) is 12.0 Å². The number of carbonyl (C=O) groups excluding carboxylic acids is 1. The zero-order chi connectivity index (χ0) is 16.2. The van der Waals surface area contributed by atoms with Gasteiger partial charge in [-0.15, -0.1) is 10.2 Å². The van der Waals surface area contributed by atoms with Gasteiger partial charge >= 0.3 is 0 Å². The molecule has 0 aliphatic carbocycles. The molecule has 9 heteroatoms. The highest BCUT2D eigenvalue weighted by Crippen LogP contribution is 2.22. The van der Waals surface area contributed by atoms with Crippen LogP contribution in [0.2, 0.25) is 5.02 Å². The number of halogens is 1. The molecule has 3 aromatic rings. The molecule has 0 saturated heterocycles. The minimum atomic E-state index is -0.195. The van der Waals surface area contributed by atoms with Crippen LogP contribution < -0.4 is 11.2 Å². The summed E-state index contributed by atoms with van der Waals surface area (Å²) >= 11 is 7.04. The SMILES string of the molecule is Nn1c(SCC(=O)Nc2cccc(Cl)c2)nnc1-c1ccco1. The topological polar surface area (TPSA) is 99.0 Å². The summed E-state index contributed by atoms with van der Waals surface area (Å²) in [6.07, 6.45) is 1.52. The maximum Gasteiger partial charge on any atom is 0.234 e. The zero-order valence-corrected chi connectivity index (χ0v) is 13.3. The lowest BCUT2D eigenvalue weighted by Gasteiger charge is -2.05. The molecular formula is C14H12ClN5O2S. The number of rotatable bonds is 5. The fourth-order valence-corrected chi connectivity index (χ4v) is 2.69. The molecule has 0 unspecified atom stereocenters. The Hall–Kier alpha value is -2.45. The lowest BCUT2D eigenvalue weighted by atomic mass is 10.3. The number of nitrogens with two attached hydrogens (primary N) is 1. The minimum absolute atomic E-state index is 0.139. The largest absolute Gasteiger partial charge is 0.461 e. The van der Waals surface area contributed by atoms with E-state index in [4.69, 9.17) is 21.9 Å². The maximum atomic E-state index is 12.0. The van der Waals surface area contributed by atoms with Crippen LogP contribution >= 0.6 is 23.4 Å². The minimum Gasteiger partial charge on any atom is -0.461 e. The van der Waals surface area contributed by atoms with Crippen LogP contribution in [0.15, 0.2) is 52.2 Å². The van der Waals surface area contributed by atoms with E-state index >= 15 is 0 Å². The molecular weight excluding hydrogens is 338 g/mol. The van der Waals surface area contributed by atoms with Crippen molar-refractivity contribution >= 4 is 35.0 Å². The van der Waals surface area contributed by atoms with Gasteiger partial charge in [-0.3, -0.25) is 4.79 Å². The van der Waals surface area contributed by atoms with Gasteiger partial charge in [0.1, 0.15) is 0 Å². The van der Waals surface area contributed by atoms with E-state index in [9.17, 15) is 4.79 Å². The van der Waals surface area contributed by atoms with Gasteiger partial charge in [0, 0.05) is 10.7 Å². The number of benzene rings is 1. The van der Waals surface area contributed by atoms with E-state index in [0.717, 1.165) is 0 Å². The monoisotopic (exact) mass is 349 g/mol. The Morgan fingerprint density at radius 2 is 2.22 bits per heavy atom. The Balaban J connectivity index is 1.61. The highest BCUT2D eigenvalue weighted by molar-refractivity contribution is 7.99. The molecule has 0 fully saturated rings. The van der Waals surface area contributed by atoms with Gasteiger partial charge in [0.15, 0.2) is 5.76 Å². The van der Waals surface area contributed by atoms with Crippen LogP contribution in [0.3, 0.4) is 0 Å². The Morgan fingerprint density at radius 1 is 1.35 bits per heavy atom. The molecule has 7 nitrogen and oxygen atoms in total. The fraction of sp³-hybridized carbons (Fsp3) is 0.0714. The first-order chi connectivity index (χ1) is 11.1. The van der Waals surface area contributed by atoms with Crippen molar-refractivity contribution in [3.05, 3.63) is 47.7 Å². The van der Waals surface area contributed by atoms with Crippen LogP contribution in [0.25, 0.3) is 11.6 Å². The molecule has 2 aromatic heterocycles. The zero-order valence-electron chi connectivity index (χ0n) is 11.8. The van der Waals surface area contributed by atoms with Gasteiger partial charge in [-0.2, -0.15) is 0 Å². The van der Waals surface area contributed by atoms with E-state index in [1.807, 2.05) is 0 Å². The van der Waals surface area contributed by atoms with E-state index in [1.165, 1.54) is 22.7 Å². The summed E-state index contributed by atoms with van der Waals surface area (Å²) in [6, 6.07) is 10.4. The maximum absolute atomic E-state index is 12.0. The second-order valence-corrected chi connectivity index (χ2v) is 5.88. The smallest absolute Gasteiger partial charge is 0.234 e. The summed E-state index contributed by atoms with van der Waals surface area (Å²) in [6.45, 7) is 0. The van der Waals surface area contributed by atoms with E-state index in [-0.39, 0.29) is 11.7 Å². The number of hydrogen-bond acceptors (Lipinski definition) is 6. The number of aromatic nitrogens is 3. The first-order valence-electron chi connectivity index (χ1n) is 6.56. The van der Waals surface area contributed by atoms with Crippen LogP contribution in [0.1, 0.15) is 0 Å². The molecule has 3 N–H and O–H groups in total. The molecule has 0 spiro atoms. The normalized spacial score (nSPS) is 10.7. The Bertz CT molecular complexity index is 818. The van der Waals surface area contributed by atoms with Gasteiger partial charge in [0.25, 0.3) is 0 Å². The van der Waals surface area contributed by atoms with Gasteiger partial charge in [-0.1, -0.05) is 29.4 Å². The number of nitrogens with one attached hydrogen (secondary N) is 1. The molecule has 0 aliphatic heterocycles. The number of nitrogen functional groups attached to an aromatic ring is 1. The van der Waals surface area contributed by atoms with Crippen LogP contribution in [0.5, 0.6) is 0 Å². The predicted octanol–water partition coefficient (Wildman–Crippen LogP) is 2.64. The lowest BCUT2D eigenvalue weighted by molar-refractivity contribution is -0.113. The molecule has 0 bridgehead atoms.